The van der Waals surface area contributed by atoms with Crippen molar-refractivity contribution >= 4 is 5.97 Å². The Morgan fingerprint density at radius 1 is 1.43 bits per heavy atom. The van der Waals surface area contributed by atoms with Gasteiger partial charge in [-0.2, -0.15) is 0 Å². The van der Waals surface area contributed by atoms with Crippen molar-refractivity contribution < 1.29 is 19.0 Å². The highest BCUT2D eigenvalue weighted by Gasteiger charge is 2.22. The van der Waals surface area contributed by atoms with Gasteiger partial charge in [0, 0.05) is 6.92 Å². The summed E-state index contributed by atoms with van der Waals surface area (Å²) in [6.45, 7) is 1.57. The predicted octanol–water partition coefficient (Wildman–Crippen LogP) is 1.35. The van der Waals surface area contributed by atoms with Crippen LogP contribution in [0, 0.1) is 0 Å². The van der Waals surface area contributed by atoms with E-state index in [1.165, 1.54) is 6.92 Å². The average Bonchev–Trinajstić information content (AvgIpc) is 2.17. The van der Waals surface area contributed by atoms with E-state index in [0.29, 0.717) is 11.5 Å². The van der Waals surface area contributed by atoms with Gasteiger partial charge in [-0.15, -0.1) is 0 Å². The van der Waals surface area contributed by atoms with Gasteiger partial charge in [-0.05, 0) is 12.1 Å². The van der Waals surface area contributed by atoms with E-state index in [2.05, 4.69) is 0 Å². The third-order valence-electron chi connectivity index (χ3n) is 1.78. The first kappa shape index (κ1) is 8.87. The molecule has 0 aliphatic carbocycles. The Morgan fingerprint density at radius 2 is 2.14 bits per heavy atom. The molecule has 74 valence electrons. The SMILES string of the molecule is CC(=O)O[C@@H]1COc2ccccc2O1. The molecule has 1 aromatic carbocycles. The number of benzene rings is 1. The number of rotatable bonds is 1. The van der Waals surface area contributed by atoms with E-state index < -0.39 is 6.29 Å². The first-order chi connectivity index (χ1) is 6.75. The molecule has 0 fully saturated rings. The van der Waals surface area contributed by atoms with E-state index in [0.717, 1.165) is 0 Å². The van der Waals surface area contributed by atoms with Crippen molar-refractivity contribution in [3.63, 3.8) is 0 Å². The third-order valence-corrected chi connectivity index (χ3v) is 1.78. The molecule has 1 aliphatic rings. The second kappa shape index (κ2) is 3.57. The van der Waals surface area contributed by atoms with Crippen LogP contribution in [0.15, 0.2) is 24.3 Å². The standard InChI is InChI=1S/C10H10O4/c1-7(11)13-10-6-12-8-4-2-3-5-9(8)14-10/h2-5,10H,6H2,1H3/t10-/m0/s1. The van der Waals surface area contributed by atoms with Gasteiger partial charge in [0.1, 0.15) is 0 Å². The summed E-state index contributed by atoms with van der Waals surface area (Å²) < 4.78 is 15.6. The molecule has 0 bridgehead atoms. The number of hydrogen-bond acceptors (Lipinski definition) is 4. The number of carbonyl (C=O) groups is 1. The fourth-order valence-electron chi connectivity index (χ4n) is 1.24. The van der Waals surface area contributed by atoms with Crippen molar-refractivity contribution in [1.29, 1.82) is 0 Å². The second-order valence-electron chi connectivity index (χ2n) is 2.91. The van der Waals surface area contributed by atoms with Gasteiger partial charge in [0.05, 0.1) is 0 Å². The van der Waals surface area contributed by atoms with E-state index >= 15 is 0 Å². The molecule has 0 spiro atoms. The number of esters is 1. The van der Waals surface area contributed by atoms with E-state index in [-0.39, 0.29) is 12.6 Å². The minimum absolute atomic E-state index is 0.233. The molecule has 1 heterocycles. The fraction of sp³-hybridized carbons (Fsp3) is 0.300. The molecule has 0 saturated carbocycles. The van der Waals surface area contributed by atoms with E-state index in [1.54, 1.807) is 12.1 Å². The van der Waals surface area contributed by atoms with Gasteiger partial charge in [-0.3, -0.25) is 4.79 Å². The molecular formula is C10H10O4. The van der Waals surface area contributed by atoms with E-state index in [4.69, 9.17) is 14.2 Å². The van der Waals surface area contributed by atoms with Crippen LogP contribution < -0.4 is 9.47 Å². The Kier molecular flexibility index (Phi) is 2.26. The topological polar surface area (TPSA) is 44.8 Å². The average molecular weight is 194 g/mol. The van der Waals surface area contributed by atoms with Crippen molar-refractivity contribution in [1.82, 2.24) is 0 Å². The normalized spacial score (nSPS) is 18.8. The van der Waals surface area contributed by atoms with E-state index in [9.17, 15) is 4.79 Å². The summed E-state index contributed by atoms with van der Waals surface area (Å²) in [4.78, 5) is 10.7. The Bertz CT molecular complexity index is 348. The maximum atomic E-state index is 10.7. The van der Waals surface area contributed by atoms with Crippen molar-refractivity contribution in [2.45, 2.75) is 13.2 Å². The maximum Gasteiger partial charge on any atom is 0.305 e. The Labute approximate surface area is 81.4 Å². The van der Waals surface area contributed by atoms with Crippen LogP contribution in [-0.2, 0) is 9.53 Å². The molecule has 0 unspecified atom stereocenters. The second-order valence-corrected chi connectivity index (χ2v) is 2.91. The van der Waals surface area contributed by atoms with Crippen LogP contribution in [0.2, 0.25) is 0 Å². The van der Waals surface area contributed by atoms with Gasteiger partial charge >= 0.3 is 5.97 Å². The largest absolute Gasteiger partial charge is 0.482 e. The van der Waals surface area contributed by atoms with Gasteiger partial charge in [0.15, 0.2) is 18.1 Å². The molecule has 0 N–H and O–H groups in total. The van der Waals surface area contributed by atoms with Crippen LogP contribution in [0.3, 0.4) is 0 Å². The zero-order valence-electron chi connectivity index (χ0n) is 7.73. The van der Waals surface area contributed by atoms with Crippen LogP contribution >= 0.6 is 0 Å². The summed E-state index contributed by atoms with van der Waals surface area (Å²) in [6, 6.07) is 7.26. The molecule has 4 nitrogen and oxygen atoms in total. The molecule has 0 radical (unpaired) electrons. The molecule has 14 heavy (non-hydrogen) atoms. The van der Waals surface area contributed by atoms with Crippen molar-refractivity contribution in [3.8, 4) is 11.5 Å². The first-order valence-corrected chi connectivity index (χ1v) is 4.31. The Morgan fingerprint density at radius 3 is 2.86 bits per heavy atom. The van der Waals surface area contributed by atoms with Gasteiger partial charge in [-0.1, -0.05) is 12.1 Å². The molecule has 0 amide bonds. The lowest BCUT2D eigenvalue weighted by Crippen LogP contribution is -2.33. The Balaban J connectivity index is 2.09. The smallest absolute Gasteiger partial charge is 0.305 e. The van der Waals surface area contributed by atoms with Gasteiger partial charge < -0.3 is 14.2 Å². The summed E-state index contributed by atoms with van der Waals surface area (Å²) in [7, 11) is 0. The monoisotopic (exact) mass is 194 g/mol. The van der Waals surface area contributed by atoms with Crippen LogP contribution in [0.5, 0.6) is 11.5 Å². The summed E-state index contributed by atoms with van der Waals surface area (Å²) in [6.07, 6.45) is -0.637. The third kappa shape index (κ3) is 1.79. The minimum atomic E-state index is -0.637. The summed E-state index contributed by atoms with van der Waals surface area (Å²) >= 11 is 0. The molecule has 0 saturated heterocycles. The van der Waals surface area contributed by atoms with Crippen molar-refractivity contribution in [3.05, 3.63) is 24.3 Å². The number of para-hydroxylation sites is 2. The van der Waals surface area contributed by atoms with Gasteiger partial charge in [0.2, 0.25) is 0 Å². The molecule has 1 atom stereocenters. The molecular weight excluding hydrogens is 184 g/mol. The zero-order chi connectivity index (χ0) is 9.97. The molecule has 1 aliphatic heterocycles. The van der Waals surface area contributed by atoms with Crippen molar-refractivity contribution in [2.75, 3.05) is 6.61 Å². The lowest BCUT2D eigenvalue weighted by Gasteiger charge is -2.25. The zero-order valence-corrected chi connectivity index (χ0v) is 7.73. The lowest BCUT2D eigenvalue weighted by atomic mass is 10.3. The van der Waals surface area contributed by atoms with Gasteiger partial charge in [0.25, 0.3) is 6.29 Å². The van der Waals surface area contributed by atoms with Gasteiger partial charge in [-0.25, -0.2) is 0 Å². The number of fused-ring (bicyclic) bond motifs is 1. The molecule has 1 aromatic rings. The summed E-state index contributed by atoms with van der Waals surface area (Å²) in [5.41, 5.74) is 0. The first-order valence-electron chi connectivity index (χ1n) is 4.31. The molecule has 4 heteroatoms. The van der Waals surface area contributed by atoms with Crippen LogP contribution in [-0.4, -0.2) is 18.9 Å². The highest BCUT2D eigenvalue weighted by molar-refractivity contribution is 5.66. The fourth-order valence-corrected chi connectivity index (χ4v) is 1.24. The van der Waals surface area contributed by atoms with Crippen molar-refractivity contribution in [2.24, 2.45) is 0 Å². The highest BCUT2D eigenvalue weighted by atomic mass is 16.7. The number of carbonyl (C=O) groups excluding carboxylic acids is 1. The maximum absolute atomic E-state index is 10.7. The highest BCUT2D eigenvalue weighted by Crippen LogP contribution is 2.30. The minimum Gasteiger partial charge on any atom is -0.482 e. The quantitative estimate of drug-likeness (QED) is 0.633. The number of hydrogen-bond donors (Lipinski definition) is 0. The summed E-state index contributed by atoms with van der Waals surface area (Å²) in [5, 5.41) is 0. The predicted molar refractivity (Wildman–Crippen MR) is 48.1 cm³/mol. The lowest BCUT2D eigenvalue weighted by molar-refractivity contribution is -0.168. The van der Waals surface area contributed by atoms with Crippen LogP contribution in [0.1, 0.15) is 6.92 Å². The van der Waals surface area contributed by atoms with Crippen LogP contribution in [0.4, 0.5) is 0 Å². The molecule has 2 rings (SSSR count). The number of ether oxygens (including phenoxy) is 3. The van der Waals surface area contributed by atoms with E-state index in [1.807, 2.05) is 12.1 Å². The van der Waals surface area contributed by atoms with Crippen LogP contribution in [0.25, 0.3) is 0 Å². The molecule has 0 aromatic heterocycles. The Hall–Kier alpha value is -1.71. The summed E-state index contributed by atoms with van der Waals surface area (Å²) in [5.74, 6) is 0.902.